The molecule has 1 saturated carbocycles. The van der Waals surface area contributed by atoms with Crippen molar-refractivity contribution in [1.29, 1.82) is 0 Å². The summed E-state index contributed by atoms with van der Waals surface area (Å²) in [7, 11) is 0. The van der Waals surface area contributed by atoms with Gasteiger partial charge in [0.2, 0.25) is 11.8 Å². The summed E-state index contributed by atoms with van der Waals surface area (Å²) in [4.78, 5) is 39.8. The highest BCUT2D eigenvalue weighted by Crippen LogP contribution is 2.49. The fourth-order valence-corrected chi connectivity index (χ4v) is 4.26. The van der Waals surface area contributed by atoms with Gasteiger partial charge in [-0.05, 0) is 76.5 Å². The number of ether oxygens (including phenoxy) is 1. The second-order valence-corrected chi connectivity index (χ2v) is 9.18. The Morgan fingerprint density at radius 3 is 2.53 bits per heavy atom. The van der Waals surface area contributed by atoms with E-state index >= 15 is 0 Å². The molecule has 1 saturated heterocycles. The summed E-state index contributed by atoms with van der Waals surface area (Å²) in [6, 6.07) is 7.38. The molecule has 30 heavy (non-hydrogen) atoms. The summed E-state index contributed by atoms with van der Waals surface area (Å²) in [5.74, 6) is -0.608. The fourth-order valence-electron chi connectivity index (χ4n) is 4.14. The molecule has 1 aliphatic heterocycles. The Morgan fingerprint density at radius 2 is 1.87 bits per heavy atom. The molecule has 1 heterocycles. The molecule has 2 amide bonds. The average Bonchev–Trinajstić information content (AvgIpc) is 3.38. The van der Waals surface area contributed by atoms with E-state index in [1.807, 2.05) is 24.3 Å². The number of rotatable bonds is 9. The van der Waals surface area contributed by atoms with Crippen LogP contribution in [-0.4, -0.2) is 47.9 Å². The van der Waals surface area contributed by atoms with E-state index in [-0.39, 0.29) is 24.5 Å². The van der Waals surface area contributed by atoms with Gasteiger partial charge in [0.05, 0.1) is 6.61 Å². The largest absolute Gasteiger partial charge is 0.465 e. The van der Waals surface area contributed by atoms with E-state index in [1.165, 1.54) is 5.56 Å². The van der Waals surface area contributed by atoms with Crippen molar-refractivity contribution in [2.45, 2.75) is 65.0 Å². The lowest BCUT2D eigenvalue weighted by Crippen LogP contribution is -2.53. The molecule has 2 aliphatic rings. The van der Waals surface area contributed by atoms with Gasteiger partial charge in [0.1, 0.15) is 11.5 Å². The summed E-state index contributed by atoms with van der Waals surface area (Å²) in [5.41, 5.74) is -0.0653. The Kier molecular flexibility index (Phi) is 7.06. The first-order chi connectivity index (χ1) is 14.3. The number of esters is 1. The molecule has 0 unspecified atom stereocenters. The summed E-state index contributed by atoms with van der Waals surface area (Å²) in [5, 5.41) is 3.71. The van der Waals surface area contributed by atoms with Crippen LogP contribution in [0.4, 0.5) is 0 Å². The third-order valence-electron chi connectivity index (χ3n) is 6.07. The first-order valence-electron chi connectivity index (χ1n) is 10.8. The quantitative estimate of drug-likeness (QED) is 0.367. The summed E-state index contributed by atoms with van der Waals surface area (Å²) >= 11 is 5.90. The minimum Gasteiger partial charge on any atom is -0.465 e. The number of amides is 2. The van der Waals surface area contributed by atoms with Gasteiger partial charge in [-0.15, -0.1) is 0 Å². The Balaban J connectivity index is 1.49. The highest BCUT2D eigenvalue weighted by atomic mass is 35.5. The van der Waals surface area contributed by atoms with Crippen LogP contribution in [0.3, 0.4) is 0 Å². The van der Waals surface area contributed by atoms with Gasteiger partial charge in [-0.25, -0.2) is 0 Å². The number of nitrogens with zero attached hydrogens (tertiary/aromatic N) is 1. The maximum Gasteiger partial charge on any atom is 0.321 e. The molecule has 2 fully saturated rings. The second-order valence-electron chi connectivity index (χ2n) is 8.75. The van der Waals surface area contributed by atoms with Crippen molar-refractivity contribution in [2.24, 2.45) is 11.3 Å². The maximum atomic E-state index is 13.1. The van der Waals surface area contributed by atoms with E-state index in [4.69, 9.17) is 16.3 Å². The SMILES string of the molecule is CCOC(=O)C(C)(C)C(=O)N1[C@@H](C(=O)NCCCCc2ccc(Cl)cc2)C[C@@H]2C[C@@H]21. The molecule has 1 aliphatic carbocycles. The Bertz CT molecular complexity index is 793. The smallest absolute Gasteiger partial charge is 0.321 e. The van der Waals surface area contributed by atoms with Gasteiger partial charge in [-0.2, -0.15) is 0 Å². The molecule has 0 radical (unpaired) electrons. The third kappa shape index (κ3) is 4.97. The molecular weight excluding hydrogens is 404 g/mol. The third-order valence-corrected chi connectivity index (χ3v) is 6.32. The van der Waals surface area contributed by atoms with E-state index in [1.54, 1.807) is 25.7 Å². The predicted octanol–water partition coefficient (Wildman–Crippen LogP) is 3.36. The molecule has 3 rings (SSSR count). The van der Waals surface area contributed by atoms with Gasteiger partial charge < -0.3 is 15.0 Å². The topological polar surface area (TPSA) is 75.7 Å². The highest BCUT2D eigenvalue weighted by molar-refractivity contribution is 6.30. The van der Waals surface area contributed by atoms with E-state index in [0.29, 0.717) is 18.9 Å². The molecule has 0 aromatic heterocycles. The van der Waals surface area contributed by atoms with Gasteiger partial charge in [-0.3, -0.25) is 14.4 Å². The molecule has 0 bridgehead atoms. The molecule has 1 aromatic rings. The first-order valence-corrected chi connectivity index (χ1v) is 11.2. The Hall–Kier alpha value is -2.08. The summed E-state index contributed by atoms with van der Waals surface area (Å²) in [6.45, 7) is 5.67. The van der Waals surface area contributed by atoms with Crippen molar-refractivity contribution in [2.75, 3.05) is 13.2 Å². The molecule has 7 heteroatoms. The van der Waals surface area contributed by atoms with Crippen LogP contribution >= 0.6 is 11.6 Å². The molecular formula is C23H31ClN2O4. The number of nitrogens with one attached hydrogen (secondary N) is 1. The van der Waals surface area contributed by atoms with Crippen LogP contribution in [0.2, 0.25) is 5.02 Å². The standard InChI is InChI=1S/C23H31ClN2O4/c1-4-30-22(29)23(2,3)21(28)26-18-13-16(18)14-19(26)20(27)25-12-6-5-7-15-8-10-17(24)11-9-15/h8-11,16,18-19H,4-7,12-14H2,1-3H3,(H,25,27)/t16-,18-,19+/m0/s1. The Morgan fingerprint density at radius 1 is 1.17 bits per heavy atom. The molecule has 164 valence electrons. The van der Waals surface area contributed by atoms with E-state index in [9.17, 15) is 14.4 Å². The van der Waals surface area contributed by atoms with Crippen LogP contribution in [-0.2, 0) is 25.5 Å². The summed E-state index contributed by atoms with van der Waals surface area (Å²) < 4.78 is 5.07. The highest BCUT2D eigenvalue weighted by Gasteiger charge is 2.59. The second kappa shape index (κ2) is 9.38. The summed E-state index contributed by atoms with van der Waals surface area (Å²) in [6.07, 6.45) is 4.33. The number of unbranched alkanes of at least 4 members (excludes halogenated alkanes) is 1. The van der Waals surface area contributed by atoms with Crippen molar-refractivity contribution in [3.8, 4) is 0 Å². The number of carbonyl (C=O) groups is 3. The number of hydrogen-bond acceptors (Lipinski definition) is 4. The first kappa shape index (κ1) is 22.6. The van der Waals surface area contributed by atoms with Crippen LogP contribution in [0.25, 0.3) is 0 Å². The van der Waals surface area contributed by atoms with Crippen LogP contribution < -0.4 is 5.32 Å². The van der Waals surface area contributed by atoms with Gasteiger partial charge >= 0.3 is 5.97 Å². The number of piperidine rings is 1. The number of benzene rings is 1. The zero-order chi connectivity index (χ0) is 21.9. The van der Waals surface area contributed by atoms with Gasteiger partial charge in [0.15, 0.2) is 0 Å². The lowest BCUT2D eigenvalue weighted by atomic mass is 9.91. The zero-order valence-electron chi connectivity index (χ0n) is 17.9. The number of fused-ring (bicyclic) bond motifs is 1. The molecule has 6 nitrogen and oxygen atoms in total. The lowest BCUT2D eigenvalue weighted by Gasteiger charge is -2.33. The van der Waals surface area contributed by atoms with Crippen molar-refractivity contribution in [3.63, 3.8) is 0 Å². The molecule has 3 atom stereocenters. The number of halogens is 1. The van der Waals surface area contributed by atoms with E-state index in [0.717, 1.165) is 30.7 Å². The van der Waals surface area contributed by atoms with Crippen LogP contribution in [0.5, 0.6) is 0 Å². The number of likely N-dealkylation sites (tertiary alicyclic amines) is 1. The molecule has 0 spiro atoms. The van der Waals surface area contributed by atoms with Gasteiger partial charge in [-0.1, -0.05) is 23.7 Å². The van der Waals surface area contributed by atoms with E-state index < -0.39 is 17.4 Å². The normalized spacial score (nSPS) is 22.4. The average molecular weight is 435 g/mol. The van der Waals surface area contributed by atoms with Crippen molar-refractivity contribution < 1.29 is 19.1 Å². The number of aryl methyl sites for hydroxylation is 1. The van der Waals surface area contributed by atoms with Crippen LogP contribution in [0, 0.1) is 11.3 Å². The molecule has 1 aromatic carbocycles. The van der Waals surface area contributed by atoms with Crippen molar-refractivity contribution in [3.05, 3.63) is 34.9 Å². The number of carbonyl (C=O) groups excluding carboxylic acids is 3. The van der Waals surface area contributed by atoms with Gasteiger partial charge in [0.25, 0.3) is 0 Å². The lowest BCUT2D eigenvalue weighted by molar-refractivity contribution is -0.164. The minimum atomic E-state index is -1.29. The van der Waals surface area contributed by atoms with E-state index in [2.05, 4.69) is 5.32 Å². The minimum absolute atomic E-state index is 0.0758. The van der Waals surface area contributed by atoms with Gasteiger partial charge in [0, 0.05) is 17.6 Å². The van der Waals surface area contributed by atoms with Crippen LogP contribution in [0.1, 0.15) is 52.0 Å². The van der Waals surface area contributed by atoms with Crippen LogP contribution in [0.15, 0.2) is 24.3 Å². The van der Waals surface area contributed by atoms with Crippen molar-refractivity contribution >= 4 is 29.4 Å². The molecule has 1 N–H and O–H groups in total. The fraction of sp³-hybridized carbons (Fsp3) is 0.609. The van der Waals surface area contributed by atoms with Crippen molar-refractivity contribution in [1.82, 2.24) is 10.2 Å². The number of hydrogen-bond donors (Lipinski definition) is 1. The predicted molar refractivity (Wildman–Crippen MR) is 115 cm³/mol. The monoisotopic (exact) mass is 434 g/mol. The Labute approximate surface area is 183 Å². The zero-order valence-corrected chi connectivity index (χ0v) is 18.7. The maximum absolute atomic E-state index is 13.1.